The summed E-state index contributed by atoms with van der Waals surface area (Å²) in [5.74, 6) is 0. The topological polar surface area (TPSA) is 21.7 Å². The summed E-state index contributed by atoms with van der Waals surface area (Å²) < 4.78 is 33.0. The SMILES string of the molecule is CC(C)N1CCO[C@@H](COC(F)F)C1. The molecule has 0 saturated carbocycles. The van der Waals surface area contributed by atoms with Crippen molar-refractivity contribution in [2.75, 3.05) is 26.3 Å². The van der Waals surface area contributed by atoms with Crippen molar-refractivity contribution in [3.05, 3.63) is 0 Å². The second-order valence-corrected chi connectivity index (χ2v) is 3.68. The molecule has 5 heteroatoms. The van der Waals surface area contributed by atoms with Crippen LogP contribution in [-0.2, 0) is 9.47 Å². The molecule has 0 N–H and O–H groups in total. The van der Waals surface area contributed by atoms with Crippen molar-refractivity contribution in [3.63, 3.8) is 0 Å². The maximum absolute atomic E-state index is 11.8. The Bertz CT molecular complexity index is 167. The third-order valence-electron chi connectivity index (χ3n) is 2.31. The molecule has 1 atom stereocenters. The molecule has 0 aromatic rings. The highest BCUT2D eigenvalue weighted by atomic mass is 19.3. The first-order valence-corrected chi connectivity index (χ1v) is 4.85. The van der Waals surface area contributed by atoms with E-state index in [1.807, 2.05) is 0 Å². The van der Waals surface area contributed by atoms with Gasteiger partial charge in [-0.05, 0) is 13.8 Å². The van der Waals surface area contributed by atoms with Gasteiger partial charge in [-0.25, -0.2) is 0 Å². The Labute approximate surface area is 83.0 Å². The molecule has 0 radical (unpaired) electrons. The second kappa shape index (κ2) is 5.58. The molecule has 0 unspecified atom stereocenters. The zero-order valence-corrected chi connectivity index (χ0v) is 8.58. The van der Waals surface area contributed by atoms with Crippen LogP contribution in [0.5, 0.6) is 0 Å². The van der Waals surface area contributed by atoms with Gasteiger partial charge in [-0.1, -0.05) is 0 Å². The Kier molecular flexibility index (Phi) is 4.71. The third kappa shape index (κ3) is 3.86. The minimum absolute atomic E-state index is 0.0269. The van der Waals surface area contributed by atoms with Gasteiger partial charge in [0.15, 0.2) is 0 Å². The van der Waals surface area contributed by atoms with E-state index in [9.17, 15) is 8.78 Å². The van der Waals surface area contributed by atoms with Crippen LogP contribution in [0.15, 0.2) is 0 Å². The molecule has 0 aromatic heterocycles. The standard InChI is InChI=1S/C9H17F2NO2/c1-7(2)12-3-4-13-8(5-12)6-14-9(10)11/h7-9H,3-6H2,1-2H3/t8-/m1/s1. The fourth-order valence-corrected chi connectivity index (χ4v) is 1.49. The van der Waals surface area contributed by atoms with E-state index in [4.69, 9.17) is 4.74 Å². The van der Waals surface area contributed by atoms with Gasteiger partial charge >= 0.3 is 6.61 Å². The van der Waals surface area contributed by atoms with E-state index in [2.05, 4.69) is 23.5 Å². The van der Waals surface area contributed by atoms with E-state index >= 15 is 0 Å². The van der Waals surface area contributed by atoms with Crippen LogP contribution in [0.1, 0.15) is 13.8 Å². The molecule has 0 aliphatic carbocycles. The molecule has 84 valence electrons. The zero-order valence-electron chi connectivity index (χ0n) is 8.58. The highest BCUT2D eigenvalue weighted by molar-refractivity contribution is 4.73. The molecule has 1 rings (SSSR count). The molecule has 1 heterocycles. The van der Waals surface area contributed by atoms with Gasteiger partial charge in [0, 0.05) is 19.1 Å². The molecular formula is C9H17F2NO2. The van der Waals surface area contributed by atoms with Crippen LogP contribution in [0, 0.1) is 0 Å². The molecule has 0 bridgehead atoms. The summed E-state index contributed by atoms with van der Waals surface area (Å²) in [6, 6.07) is 0.424. The lowest BCUT2D eigenvalue weighted by Crippen LogP contribution is -2.47. The van der Waals surface area contributed by atoms with Gasteiger partial charge in [0.1, 0.15) is 0 Å². The molecule has 1 fully saturated rings. The largest absolute Gasteiger partial charge is 0.373 e. The average molecular weight is 209 g/mol. The van der Waals surface area contributed by atoms with Crippen molar-refractivity contribution >= 4 is 0 Å². The second-order valence-electron chi connectivity index (χ2n) is 3.68. The van der Waals surface area contributed by atoms with Crippen molar-refractivity contribution in [1.82, 2.24) is 4.90 Å². The highest BCUT2D eigenvalue weighted by Gasteiger charge is 2.23. The fourth-order valence-electron chi connectivity index (χ4n) is 1.49. The minimum Gasteiger partial charge on any atom is -0.373 e. The van der Waals surface area contributed by atoms with Gasteiger partial charge < -0.3 is 9.47 Å². The van der Waals surface area contributed by atoms with E-state index < -0.39 is 6.61 Å². The van der Waals surface area contributed by atoms with Crippen molar-refractivity contribution in [2.45, 2.75) is 32.6 Å². The van der Waals surface area contributed by atoms with Crippen LogP contribution in [0.4, 0.5) is 8.78 Å². The van der Waals surface area contributed by atoms with Crippen LogP contribution in [0.2, 0.25) is 0 Å². The molecule has 3 nitrogen and oxygen atoms in total. The first kappa shape index (κ1) is 11.8. The number of alkyl halides is 2. The van der Waals surface area contributed by atoms with Crippen LogP contribution >= 0.6 is 0 Å². The van der Waals surface area contributed by atoms with E-state index in [0.29, 0.717) is 19.2 Å². The fraction of sp³-hybridized carbons (Fsp3) is 1.00. The van der Waals surface area contributed by atoms with Crippen LogP contribution in [0.25, 0.3) is 0 Å². The molecule has 1 aliphatic rings. The molecule has 14 heavy (non-hydrogen) atoms. The van der Waals surface area contributed by atoms with Gasteiger partial charge in [0.05, 0.1) is 19.3 Å². The molecule has 1 saturated heterocycles. The number of halogens is 2. The Morgan fingerprint density at radius 1 is 1.50 bits per heavy atom. The number of nitrogens with zero attached hydrogens (tertiary/aromatic N) is 1. The predicted molar refractivity (Wildman–Crippen MR) is 48.4 cm³/mol. The number of ether oxygens (including phenoxy) is 2. The zero-order chi connectivity index (χ0) is 10.6. The number of hydrogen-bond acceptors (Lipinski definition) is 3. The van der Waals surface area contributed by atoms with Crippen molar-refractivity contribution in [2.24, 2.45) is 0 Å². The van der Waals surface area contributed by atoms with Gasteiger partial charge in [0.25, 0.3) is 0 Å². The smallest absolute Gasteiger partial charge is 0.345 e. The summed E-state index contributed by atoms with van der Waals surface area (Å²) in [5.41, 5.74) is 0. The number of rotatable bonds is 4. The Balaban J connectivity index is 2.25. The van der Waals surface area contributed by atoms with Crippen LogP contribution in [0.3, 0.4) is 0 Å². The molecule has 0 spiro atoms. The van der Waals surface area contributed by atoms with Gasteiger partial charge in [0.2, 0.25) is 0 Å². The minimum atomic E-state index is -2.70. The lowest BCUT2D eigenvalue weighted by molar-refractivity contribution is -0.166. The van der Waals surface area contributed by atoms with E-state index in [1.54, 1.807) is 0 Å². The van der Waals surface area contributed by atoms with Crippen molar-refractivity contribution in [3.8, 4) is 0 Å². The van der Waals surface area contributed by atoms with E-state index in [-0.39, 0.29) is 12.7 Å². The lowest BCUT2D eigenvalue weighted by atomic mass is 10.2. The molecule has 0 amide bonds. The average Bonchev–Trinajstić information content (AvgIpc) is 2.15. The predicted octanol–water partition coefficient (Wildman–Crippen LogP) is 1.33. The highest BCUT2D eigenvalue weighted by Crippen LogP contribution is 2.10. The van der Waals surface area contributed by atoms with E-state index in [1.165, 1.54) is 0 Å². The lowest BCUT2D eigenvalue weighted by Gasteiger charge is -2.35. The number of hydrogen-bond donors (Lipinski definition) is 0. The Morgan fingerprint density at radius 2 is 2.21 bits per heavy atom. The Hall–Kier alpha value is -0.260. The van der Waals surface area contributed by atoms with Gasteiger partial charge in [-0.15, -0.1) is 0 Å². The molecule has 0 aromatic carbocycles. The van der Waals surface area contributed by atoms with Crippen molar-refractivity contribution < 1.29 is 18.3 Å². The summed E-state index contributed by atoms with van der Waals surface area (Å²) in [6.45, 7) is 3.56. The summed E-state index contributed by atoms with van der Waals surface area (Å²) in [5, 5.41) is 0. The first-order valence-electron chi connectivity index (χ1n) is 4.85. The van der Waals surface area contributed by atoms with Crippen molar-refractivity contribution in [1.29, 1.82) is 0 Å². The number of morpholine rings is 1. The summed E-state index contributed by atoms with van der Waals surface area (Å²) in [4.78, 5) is 2.20. The normalized spacial score (nSPS) is 24.9. The van der Waals surface area contributed by atoms with Crippen LogP contribution in [-0.4, -0.2) is 50.0 Å². The summed E-state index contributed by atoms with van der Waals surface area (Å²) >= 11 is 0. The monoisotopic (exact) mass is 209 g/mol. The van der Waals surface area contributed by atoms with Gasteiger partial charge in [-0.2, -0.15) is 8.78 Å². The summed E-state index contributed by atoms with van der Waals surface area (Å²) in [7, 11) is 0. The first-order chi connectivity index (χ1) is 6.59. The molecular weight excluding hydrogens is 192 g/mol. The Morgan fingerprint density at radius 3 is 2.79 bits per heavy atom. The summed E-state index contributed by atoms with van der Waals surface area (Å²) in [6.07, 6.45) is -0.222. The van der Waals surface area contributed by atoms with Gasteiger partial charge in [-0.3, -0.25) is 4.90 Å². The third-order valence-corrected chi connectivity index (χ3v) is 2.31. The maximum atomic E-state index is 11.8. The quantitative estimate of drug-likeness (QED) is 0.697. The van der Waals surface area contributed by atoms with Crippen LogP contribution < -0.4 is 0 Å². The maximum Gasteiger partial charge on any atom is 0.345 e. The molecule has 1 aliphatic heterocycles. The van der Waals surface area contributed by atoms with E-state index in [0.717, 1.165) is 6.54 Å².